The summed E-state index contributed by atoms with van der Waals surface area (Å²) < 4.78 is 4.43. The minimum atomic E-state index is 0.410. The van der Waals surface area contributed by atoms with Gasteiger partial charge in [0.2, 0.25) is 0 Å². The van der Waals surface area contributed by atoms with Crippen LogP contribution in [0, 0.1) is 0 Å². The molecule has 1 atom stereocenters. The smallest absolute Gasteiger partial charge is 0.0949 e. The van der Waals surface area contributed by atoms with Crippen molar-refractivity contribution in [2.75, 3.05) is 0 Å². The molecule has 0 fully saturated rings. The van der Waals surface area contributed by atoms with Crippen molar-refractivity contribution in [3.8, 4) is 0 Å². The summed E-state index contributed by atoms with van der Waals surface area (Å²) in [6.07, 6.45) is 7.86. The van der Waals surface area contributed by atoms with Gasteiger partial charge < -0.3 is 9.13 Å². The van der Waals surface area contributed by atoms with Gasteiger partial charge in [0, 0.05) is 36.7 Å². The second-order valence-electron chi connectivity index (χ2n) is 4.39. The van der Waals surface area contributed by atoms with E-state index in [1.54, 1.807) is 0 Å². The summed E-state index contributed by atoms with van der Waals surface area (Å²) in [5.41, 5.74) is 1.29. The predicted octanol–water partition coefficient (Wildman–Crippen LogP) is 3.10. The maximum Gasteiger partial charge on any atom is 0.0949 e. The molecule has 0 saturated heterocycles. The number of rotatable bonds is 3. The fraction of sp³-hybridized carbons (Fsp3) is 0.214. The molecule has 0 aliphatic rings. The highest BCUT2D eigenvalue weighted by molar-refractivity contribution is 5.79. The average molecular weight is 225 g/mol. The fourth-order valence-electron chi connectivity index (χ4n) is 2.21. The fourth-order valence-corrected chi connectivity index (χ4v) is 2.21. The first-order valence-electron chi connectivity index (χ1n) is 5.86. The minimum absolute atomic E-state index is 0.410. The number of fused-ring (bicyclic) bond motifs is 1. The Morgan fingerprint density at radius 1 is 1.18 bits per heavy atom. The number of benzene rings is 1. The molecule has 0 aliphatic carbocycles. The zero-order chi connectivity index (χ0) is 11.7. The standard InChI is InChI=1S/C14H15N3/c1-12(17-9-7-15-11-17)10-16-8-6-13-4-2-3-5-14(13)16/h2-9,11-12H,10H2,1H3. The van der Waals surface area contributed by atoms with Gasteiger partial charge in [0.05, 0.1) is 6.33 Å². The summed E-state index contributed by atoms with van der Waals surface area (Å²) in [7, 11) is 0. The molecule has 0 bridgehead atoms. The maximum atomic E-state index is 4.09. The van der Waals surface area contributed by atoms with E-state index in [-0.39, 0.29) is 0 Å². The van der Waals surface area contributed by atoms with Crippen molar-refractivity contribution < 1.29 is 0 Å². The molecule has 86 valence electrons. The van der Waals surface area contributed by atoms with E-state index in [0.717, 1.165) is 6.54 Å². The van der Waals surface area contributed by atoms with Crippen LogP contribution in [0.15, 0.2) is 55.2 Å². The Labute approximate surface area is 100 Å². The molecule has 2 aromatic heterocycles. The maximum absolute atomic E-state index is 4.09. The highest BCUT2D eigenvalue weighted by atomic mass is 15.1. The molecule has 3 heteroatoms. The summed E-state index contributed by atoms with van der Waals surface area (Å²) in [6, 6.07) is 11.0. The van der Waals surface area contributed by atoms with E-state index in [0.29, 0.717) is 6.04 Å². The van der Waals surface area contributed by atoms with Gasteiger partial charge in [0.15, 0.2) is 0 Å². The van der Waals surface area contributed by atoms with Gasteiger partial charge in [-0.1, -0.05) is 18.2 Å². The van der Waals surface area contributed by atoms with Crippen molar-refractivity contribution in [2.24, 2.45) is 0 Å². The Morgan fingerprint density at radius 2 is 2.06 bits per heavy atom. The van der Waals surface area contributed by atoms with Gasteiger partial charge in [-0.2, -0.15) is 0 Å². The summed E-state index contributed by atoms with van der Waals surface area (Å²) in [5.74, 6) is 0. The van der Waals surface area contributed by atoms with Crippen LogP contribution in [0.1, 0.15) is 13.0 Å². The summed E-state index contributed by atoms with van der Waals surface area (Å²) in [6.45, 7) is 3.17. The van der Waals surface area contributed by atoms with Crippen LogP contribution in [0.3, 0.4) is 0 Å². The van der Waals surface area contributed by atoms with Gasteiger partial charge in [0.25, 0.3) is 0 Å². The van der Waals surface area contributed by atoms with E-state index >= 15 is 0 Å². The third-order valence-corrected chi connectivity index (χ3v) is 3.17. The predicted molar refractivity (Wildman–Crippen MR) is 68.9 cm³/mol. The average Bonchev–Trinajstić information content (AvgIpc) is 2.98. The molecule has 0 radical (unpaired) electrons. The van der Waals surface area contributed by atoms with Crippen LogP contribution in [0.25, 0.3) is 10.9 Å². The van der Waals surface area contributed by atoms with E-state index in [4.69, 9.17) is 0 Å². The third kappa shape index (κ3) is 1.84. The third-order valence-electron chi connectivity index (χ3n) is 3.17. The first-order valence-corrected chi connectivity index (χ1v) is 5.86. The number of para-hydroxylation sites is 1. The minimum Gasteiger partial charge on any atom is -0.345 e. The van der Waals surface area contributed by atoms with Crippen molar-refractivity contribution in [3.05, 3.63) is 55.2 Å². The zero-order valence-electron chi connectivity index (χ0n) is 9.82. The summed E-state index contributed by atoms with van der Waals surface area (Å²) in [4.78, 5) is 4.09. The van der Waals surface area contributed by atoms with Crippen LogP contribution in [0.2, 0.25) is 0 Å². The van der Waals surface area contributed by atoms with Crippen molar-refractivity contribution in [2.45, 2.75) is 19.5 Å². The molecule has 0 amide bonds. The lowest BCUT2D eigenvalue weighted by Gasteiger charge is -2.14. The molecule has 0 spiro atoms. The SMILES string of the molecule is CC(Cn1ccc2ccccc21)n1ccnc1. The monoisotopic (exact) mass is 225 g/mol. The van der Waals surface area contributed by atoms with E-state index in [1.807, 2.05) is 18.7 Å². The van der Waals surface area contributed by atoms with Gasteiger partial charge in [-0.05, 0) is 24.4 Å². The second-order valence-corrected chi connectivity index (χ2v) is 4.39. The van der Waals surface area contributed by atoms with E-state index in [2.05, 4.69) is 57.6 Å². The van der Waals surface area contributed by atoms with Crippen LogP contribution in [-0.2, 0) is 6.54 Å². The highest BCUT2D eigenvalue weighted by Crippen LogP contribution is 2.18. The number of imidazole rings is 1. The normalized spacial score (nSPS) is 13.0. The molecule has 3 rings (SSSR count). The Kier molecular flexibility index (Phi) is 2.44. The van der Waals surface area contributed by atoms with Crippen molar-refractivity contribution >= 4 is 10.9 Å². The van der Waals surface area contributed by atoms with Crippen molar-refractivity contribution in [3.63, 3.8) is 0 Å². The molecule has 1 unspecified atom stereocenters. The number of hydrogen-bond donors (Lipinski definition) is 0. The molecule has 1 aromatic carbocycles. The Bertz CT molecular complexity index is 607. The first-order chi connectivity index (χ1) is 8.34. The van der Waals surface area contributed by atoms with Gasteiger partial charge in [-0.25, -0.2) is 4.98 Å². The van der Waals surface area contributed by atoms with E-state index in [9.17, 15) is 0 Å². The van der Waals surface area contributed by atoms with Crippen LogP contribution in [0.4, 0.5) is 0 Å². The van der Waals surface area contributed by atoms with E-state index < -0.39 is 0 Å². The molecule has 0 aliphatic heterocycles. The lowest BCUT2D eigenvalue weighted by molar-refractivity contribution is 0.472. The van der Waals surface area contributed by atoms with Gasteiger partial charge >= 0.3 is 0 Å². The molecular weight excluding hydrogens is 210 g/mol. The Hall–Kier alpha value is -2.03. The molecule has 17 heavy (non-hydrogen) atoms. The van der Waals surface area contributed by atoms with Crippen LogP contribution < -0.4 is 0 Å². The number of aromatic nitrogens is 3. The Morgan fingerprint density at radius 3 is 2.88 bits per heavy atom. The lowest BCUT2D eigenvalue weighted by Crippen LogP contribution is -2.10. The van der Waals surface area contributed by atoms with Crippen LogP contribution in [0.5, 0.6) is 0 Å². The number of nitrogens with zero attached hydrogens (tertiary/aromatic N) is 3. The van der Waals surface area contributed by atoms with Crippen LogP contribution in [-0.4, -0.2) is 14.1 Å². The molecule has 3 aromatic rings. The number of hydrogen-bond acceptors (Lipinski definition) is 1. The summed E-state index contributed by atoms with van der Waals surface area (Å²) >= 11 is 0. The second kappa shape index (κ2) is 4.09. The molecule has 3 nitrogen and oxygen atoms in total. The summed E-state index contributed by atoms with van der Waals surface area (Å²) in [5, 5.41) is 1.30. The zero-order valence-corrected chi connectivity index (χ0v) is 9.82. The topological polar surface area (TPSA) is 22.8 Å². The van der Waals surface area contributed by atoms with Crippen molar-refractivity contribution in [1.29, 1.82) is 0 Å². The molecular formula is C14H15N3. The molecule has 0 saturated carbocycles. The molecule has 2 heterocycles. The van der Waals surface area contributed by atoms with Crippen molar-refractivity contribution in [1.82, 2.24) is 14.1 Å². The van der Waals surface area contributed by atoms with Gasteiger partial charge in [-0.3, -0.25) is 0 Å². The quantitative estimate of drug-likeness (QED) is 0.671. The highest BCUT2D eigenvalue weighted by Gasteiger charge is 2.06. The Balaban J connectivity index is 1.90. The largest absolute Gasteiger partial charge is 0.345 e. The van der Waals surface area contributed by atoms with Gasteiger partial charge in [0.1, 0.15) is 0 Å². The lowest BCUT2D eigenvalue weighted by atomic mass is 10.2. The van der Waals surface area contributed by atoms with E-state index in [1.165, 1.54) is 10.9 Å². The first kappa shape index (κ1) is 10.1. The molecule has 0 N–H and O–H groups in total. The van der Waals surface area contributed by atoms with Gasteiger partial charge in [-0.15, -0.1) is 0 Å². The van der Waals surface area contributed by atoms with Crippen LogP contribution >= 0.6 is 0 Å².